The minimum absolute atomic E-state index is 0.0938. The molecule has 0 bridgehead atoms. The average molecular weight is 269 g/mol. The van der Waals surface area contributed by atoms with Crippen LogP contribution in [0.25, 0.3) is 0 Å². The zero-order valence-corrected chi connectivity index (χ0v) is 10.1. The van der Waals surface area contributed by atoms with Gasteiger partial charge in [-0.3, -0.25) is 0 Å². The van der Waals surface area contributed by atoms with E-state index in [1.54, 1.807) is 0 Å². The van der Waals surface area contributed by atoms with E-state index in [-0.39, 0.29) is 11.6 Å². The van der Waals surface area contributed by atoms with Crippen molar-refractivity contribution in [3.05, 3.63) is 34.3 Å². The summed E-state index contributed by atoms with van der Waals surface area (Å²) in [5, 5.41) is 5.73. The highest BCUT2D eigenvalue weighted by Crippen LogP contribution is 2.27. The van der Waals surface area contributed by atoms with Crippen LogP contribution in [0.2, 0.25) is 0 Å². The smallest absolute Gasteiger partial charge is 0.315 e. The number of hydrogen-bond donors (Lipinski definition) is 2. The first kappa shape index (κ1) is 10.5. The van der Waals surface area contributed by atoms with E-state index in [9.17, 15) is 4.79 Å². The number of carbonyl (C=O) groups excluding carboxylic acids is 1. The van der Waals surface area contributed by atoms with E-state index in [2.05, 4.69) is 26.6 Å². The molecule has 1 aromatic rings. The van der Waals surface area contributed by atoms with Crippen LogP contribution in [0.15, 0.2) is 28.7 Å². The lowest BCUT2D eigenvalue weighted by molar-refractivity contribution is 0.211. The molecule has 1 aliphatic heterocycles. The summed E-state index contributed by atoms with van der Waals surface area (Å²) >= 11 is 3.44. The van der Waals surface area contributed by atoms with Crippen LogP contribution in [0.4, 0.5) is 4.79 Å². The second-order valence-electron chi connectivity index (χ2n) is 3.97. The first-order valence-electron chi connectivity index (χ1n) is 4.92. The lowest BCUT2D eigenvalue weighted by Crippen LogP contribution is -2.54. The fourth-order valence-electron chi connectivity index (χ4n) is 1.83. The molecule has 0 aliphatic carbocycles. The van der Waals surface area contributed by atoms with E-state index in [0.717, 1.165) is 23.0 Å². The fraction of sp³-hybridized carbons (Fsp3) is 0.364. The Hall–Kier alpha value is -1.03. The largest absolute Gasteiger partial charge is 0.338 e. The van der Waals surface area contributed by atoms with Gasteiger partial charge in [0.15, 0.2) is 0 Å². The molecule has 4 heteroatoms. The molecule has 0 aromatic heterocycles. The maximum atomic E-state index is 11.3. The Balaban J connectivity index is 2.32. The van der Waals surface area contributed by atoms with E-state index < -0.39 is 0 Å². The zero-order valence-electron chi connectivity index (χ0n) is 8.51. The maximum Gasteiger partial charge on any atom is 0.315 e. The van der Waals surface area contributed by atoms with Gasteiger partial charge in [-0.2, -0.15) is 0 Å². The van der Waals surface area contributed by atoms with Gasteiger partial charge in [0.1, 0.15) is 0 Å². The van der Waals surface area contributed by atoms with Crippen molar-refractivity contribution in [2.45, 2.75) is 18.9 Å². The molecule has 1 saturated heterocycles. The quantitative estimate of drug-likeness (QED) is 0.807. The van der Waals surface area contributed by atoms with Crippen LogP contribution in [0, 0.1) is 0 Å². The van der Waals surface area contributed by atoms with Gasteiger partial charge < -0.3 is 10.6 Å². The van der Waals surface area contributed by atoms with Crippen LogP contribution >= 0.6 is 15.9 Å². The van der Waals surface area contributed by atoms with Crippen molar-refractivity contribution in [1.29, 1.82) is 0 Å². The molecule has 1 atom stereocenters. The first-order chi connectivity index (χ1) is 7.10. The fourth-order valence-corrected chi connectivity index (χ4v) is 2.23. The van der Waals surface area contributed by atoms with E-state index in [0.29, 0.717) is 0 Å². The summed E-state index contributed by atoms with van der Waals surface area (Å²) in [6, 6.07) is 7.96. The Kier molecular flexibility index (Phi) is 2.69. The molecule has 1 aromatic carbocycles. The van der Waals surface area contributed by atoms with Crippen LogP contribution in [0.3, 0.4) is 0 Å². The summed E-state index contributed by atoms with van der Waals surface area (Å²) in [6.07, 6.45) is 0.898. The Morgan fingerprint density at radius 2 is 2.27 bits per heavy atom. The zero-order chi connectivity index (χ0) is 10.9. The highest BCUT2D eigenvalue weighted by Gasteiger charge is 2.31. The lowest BCUT2D eigenvalue weighted by atomic mass is 9.87. The third-order valence-corrected chi connectivity index (χ3v) is 3.25. The van der Waals surface area contributed by atoms with E-state index in [1.807, 2.05) is 31.2 Å². The van der Waals surface area contributed by atoms with Crippen molar-refractivity contribution in [1.82, 2.24) is 10.6 Å². The van der Waals surface area contributed by atoms with Gasteiger partial charge in [-0.25, -0.2) is 4.79 Å². The average Bonchev–Trinajstić information content (AvgIpc) is 2.17. The number of nitrogens with one attached hydrogen (secondary N) is 2. The molecule has 1 unspecified atom stereocenters. The standard InChI is InChI=1S/C11H13BrN2O/c1-11(5-6-13-10(15)14-11)8-3-2-4-9(12)7-8/h2-4,7H,5-6H2,1H3,(H2,13,14,15). The molecule has 0 spiro atoms. The molecule has 2 amide bonds. The predicted octanol–water partition coefficient (Wildman–Crippen LogP) is 2.37. The topological polar surface area (TPSA) is 41.1 Å². The predicted molar refractivity (Wildman–Crippen MR) is 62.6 cm³/mol. The Labute approximate surface area is 97.4 Å². The number of carbonyl (C=O) groups is 1. The van der Waals surface area contributed by atoms with Crippen LogP contribution in [-0.2, 0) is 5.54 Å². The molecule has 1 heterocycles. The molecule has 1 fully saturated rings. The van der Waals surface area contributed by atoms with Crippen molar-refractivity contribution in [3.63, 3.8) is 0 Å². The molecule has 2 N–H and O–H groups in total. The highest BCUT2D eigenvalue weighted by atomic mass is 79.9. The van der Waals surface area contributed by atoms with Crippen molar-refractivity contribution >= 4 is 22.0 Å². The van der Waals surface area contributed by atoms with Gasteiger partial charge in [-0.15, -0.1) is 0 Å². The molecular formula is C11H13BrN2O. The number of benzene rings is 1. The second kappa shape index (κ2) is 3.85. The van der Waals surface area contributed by atoms with Gasteiger partial charge in [0.05, 0.1) is 5.54 Å². The normalized spacial score (nSPS) is 25.6. The molecule has 0 radical (unpaired) electrons. The molecule has 1 aliphatic rings. The third-order valence-electron chi connectivity index (χ3n) is 2.76. The summed E-state index contributed by atoms with van der Waals surface area (Å²) in [6.45, 7) is 2.77. The summed E-state index contributed by atoms with van der Waals surface area (Å²) in [4.78, 5) is 11.3. The Morgan fingerprint density at radius 1 is 1.47 bits per heavy atom. The van der Waals surface area contributed by atoms with Crippen LogP contribution < -0.4 is 10.6 Å². The summed E-state index contributed by atoms with van der Waals surface area (Å²) in [5.74, 6) is 0. The minimum atomic E-state index is -0.258. The highest BCUT2D eigenvalue weighted by molar-refractivity contribution is 9.10. The minimum Gasteiger partial charge on any atom is -0.338 e. The van der Waals surface area contributed by atoms with Gasteiger partial charge in [0, 0.05) is 11.0 Å². The van der Waals surface area contributed by atoms with Crippen LogP contribution in [0.1, 0.15) is 18.9 Å². The maximum absolute atomic E-state index is 11.3. The number of rotatable bonds is 1. The Morgan fingerprint density at radius 3 is 2.93 bits per heavy atom. The molecule has 2 rings (SSSR count). The molecule has 15 heavy (non-hydrogen) atoms. The van der Waals surface area contributed by atoms with Crippen molar-refractivity contribution in [2.24, 2.45) is 0 Å². The summed E-state index contributed by atoms with van der Waals surface area (Å²) in [7, 11) is 0. The number of amides is 2. The number of halogens is 1. The SMILES string of the molecule is CC1(c2cccc(Br)c2)CCNC(=O)N1. The lowest BCUT2D eigenvalue weighted by Gasteiger charge is -2.35. The Bertz CT molecular complexity index is 394. The summed E-state index contributed by atoms with van der Waals surface area (Å²) in [5.41, 5.74) is 0.873. The van der Waals surface area contributed by atoms with Crippen molar-refractivity contribution in [3.8, 4) is 0 Å². The van der Waals surface area contributed by atoms with E-state index >= 15 is 0 Å². The second-order valence-corrected chi connectivity index (χ2v) is 4.89. The molecule has 0 saturated carbocycles. The molecular weight excluding hydrogens is 256 g/mol. The van der Waals surface area contributed by atoms with E-state index in [1.165, 1.54) is 0 Å². The van der Waals surface area contributed by atoms with Gasteiger partial charge >= 0.3 is 6.03 Å². The molecule has 3 nitrogen and oxygen atoms in total. The summed E-state index contributed by atoms with van der Waals surface area (Å²) < 4.78 is 1.04. The van der Waals surface area contributed by atoms with Crippen LogP contribution in [0.5, 0.6) is 0 Å². The van der Waals surface area contributed by atoms with Gasteiger partial charge in [0.2, 0.25) is 0 Å². The molecule has 80 valence electrons. The first-order valence-corrected chi connectivity index (χ1v) is 5.71. The number of urea groups is 1. The monoisotopic (exact) mass is 268 g/mol. The van der Waals surface area contributed by atoms with Gasteiger partial charge in [-0.1, -0.05) is 28.1 Å². The third kappa shape index (κ3) is 2.15. The van der Waals surface area contributed by atoms with Crippen molar-refractivity contribution < 1.29 is 4.79 Å². The van der Waals surface area contributed by atoms with Crippen LogP contribution in [-0.4, -0.2) is 12.6 Å². The van der Waals surface area contributed by atoms with Gasteiger partial charge in [-0.05, 0) is 31.0 Å². The van der Waals surface area contributed by atoms with E-state index in [4.69, 9.17) is 0 Å². The van der Waals surface area contributed by atoms with Crippen molar-refractivity contribution in [2.75, 3.05) is 6.54 Å². The van der Waals surface area contributed by atoms with Gasteiger partial charge in [0.25, 0.3) is 0 Å². The number of hydrogen-bond acceptors (Lipinski definition) is 1.